The molecule has 2 aromatic carbocycles. The van der Waals surface area contributed by atoms with Gasteiger partial charge in [0.05, 0.1) is 11.0 Å². The molecular formula is C27H27ClN6O3. The quantitative estimate of drug-likeness (QED) is 0.292. The van der Waals surface area contributed by atoms with Crippen LogP contribution in [-0.2, 0) is 16.6 Å². The molecule has 2 aromatic heterocycles. The van der Waals surface area contributed by atoms with E-state index in [0.717, 1.165) is 36.1 Å². The lowest BCUT2D eigenvalue weighted by molar-refractivity contribution is -0.127. The molecule has 1 N–H and O–H groups in total. The monoisotopic (exact) mass is 518 g/mol. The van der Waals surface area contributed by atoms with Crippen LogP contribution in [0.3, 0.4) is 0 Å². The van der Waals surface area contributed by atoms with E-state index in [0.29, 0.717) is 54.2 Å². The van der Waals surface area contributed by atoms with Gasteiger partial charge in [-0.2, -0.15) is 0 Å². The summed E-state index contributed by atoms with van der Waals surface area (Å²) in [4.78, 5) is 36.0. The highest BCUT2D eigenvalue weighted by Gasteiger charge is 2.20. The fourth-order valence-corrected chi connectivity index (χ4v) is 4.49. The molecule has 1 aliphatic rings. The van der Waals surface area contributed by atoms with Crippen molar-refractivity contribution in [1.82, 2.24) is 19.4 Å². The average Bonchev–Trinajstić information content (AvgIpc) is 3.45. The van der Waals surface area contributed by atoms with Gasteiger partial charge < -0.3 is 19.5 Å². The van der Waals surface area contributed by atoms with Crippen LogP contribution in [0, 0.1) is 0 Å². The smallest absolute Gasteiger partial charge is 0.222 e. The highest BCUT2D eigenvalue weighted by Crippen LogP contribution is 2.29. The normalized spacial score (nSPS) is 13.2. The van der Waals surface area contributed by atoms with Crippen molar-refractivity contribution in [2.24, 2.45) is 7.05 Å². The third kappa shape index (κ3) is 5.67. The number of likely N-dealkylation sites (tertiary alicyclic amines) is 1. The van der Waals surface area contributed by atoms with Crippen LogP contribution in [0.15, 0.2) is 60.8 Å². The number of rotatable bonds is 10. The number of pyridine rings is 1. The van der Waals surface area contributed by atoms with Gasteiger partial charge in [-0.15, -0.1) is 0 Å². The first-order valence-corrected chi connectivity index (χ1v) is 12.5. The summed E-state index contributed by atoms with van der Waals surface area (Å²) in [7, 11) is 1.94. The van der Waals surface area contributed by atoms with Crippen LogP contribution in [-0.4, -0.2) is 51.4 Å². The van der Waals surface area contributed by atoms with Crippen LogP contribution < -0.4 is 15.0 Å². The van der Waals surface area contributed by atoms with Gasteiger partial charge in [0.1, 0.15) is 17.3 Å². The topological polar surface area (TPSA) is 92.6 Å². The second kappa shape index (κ2) is 10.9. The number of benzene rings is 2. The molecule has 190 valence electrons. The van der Waals surface area contributed by atoms with Crippen LogP contribution in [0.25, 0.3) is 11.0 Å². The van der Waals surface area contributed by atoms with Gasteiger partial charge in [0.25, 0.3) is 0 Å². The Morgan fingerprint density at radius 2 is 1.95 bits per heavy atom. The minimum absolute atomic E-state index is 0.184. The first-order chi connectivity index (χ1) is 18.0. The molecule has 2 amide bonds. The maximum atomic E-state index is 11.8. The minimum Gasteiger partial charge on any atom is -0.457 e. The highest BCUT2D eigenvalue weighted by atomic mass is 35.5. The zero-order valence-electron chi connectivity index (χ0n) is 20.4. The van der Waals surface area contributed by atoms with E-state index >= 15 is 0 Å². The van der Waals surface area contributed by atoms with Crippen molar-refractivity contribution in [2.75, 3.05) is 29.9 Å². The first kappa shape index (κ1) is 24.6. The number of ether oxygens (including phenoxy) is 1. The van der Waals surface area contributed by atoms with Crippen molar-refractivity contribution in [3.63, 3.8) is 0 Å². The molecule has 0 spiro atoms. The number of imidazole rings is 1. The van der Waals surface area contributed by atoms with Crippen molar-refractivity contribution in [2.45, 2.75) is 19.3 Å². The largest absolute Gasteiger partial charge is 0.457 e. The Bertz CT molecular complexity index is 1420. The van der Waals surface area contributed by atoms with Crippen molar-refractivity contribution in [3.8, 4) is 11.5 Å². The number of nitrogens with one attached hydrogen (secondary N) is 1. The number of aromatic nitrogens is 3. The zero-order chi connectivity index (χ0) is 25.8. The summed E-state index contributed by atoms with van der Waals surface area (Å²) < 4.78 is 8.05. The van der Waals surface area contributed by atoms with Gasteiger partial charge >= 0.3 is 0 Å². The van der Waals surface area contributed by atoms with E-state index in [-0.39, 0.29) is 5.91 Å². The number of hydrogen-bond donors (Lipinski definition) is 1. The van der Waals surface area contributed by atoms with Crippen molar-refractivity contribution >= 4 is 52.4 Å². The Labute approximate surface area is 219 Å². The molecule has 37 heavy (non-hydrogen) atoms. The van der Waals surface area contributed by atoms with Crippen molar-refractivity contribution < 1.29 is 14.3 Å². The van der Waals surface area contributed by atoms with Crippen LogP contribution in [0.2, 0.25) is 5.02 Å². The van der Waals surface area contributed by atoms with E-state index in [2.05, 4.69) is 10.3 Å². The number of aryl methyl sites for hydroxylation is 1. The van der Waals surface area contributed by atoms with Gasteiger partial charge in [0.15, 0.2) is 0 Å². The van der Waals surface area contributed by atoms with E-state index in [1.807, 2.05) is 59.0 Å². The third-order valence-corrected chi connectivity index (χ3v) is 6.58. The summed E-state index contributed by atoms with van der Waals surface area (Å²) in [5.41, 5.74) is 2.61. The van der Waals surface area contributed by atoms with Crippen LogP contribution in [0.5, 0.6) is 11.5 Å². The maximum absolute atomic E-state index is 11.8. The fraction of sp³-hybridized carbons (Fsp3) is 0.259. The number of fused-ring (bicyclic) bond motifs is 1. The number of amides is 2. The molecular weight excluding hydrogens is 492 g/mol. The Kier molecular flexibility index (Phi) is 7.23. The number of hydrogen-bond acceptors (Lipinski definition) is 6. The lowest BCUT2D eigenvalue weighted by Gasteiger charge is -2.20. The van der Waals surface area contributed by atoms with Gasteiger partial charge in [-0.25, -0.2) is 9.97 Å². The Morgan fingerprint density at radius 1 is 1.14 bits per heavy atom. The summed E-state index contributed by atoms with van der Waals surface area (Å²) in [6.07, 6.45) is 4.57. The van der Waals surface area contributed by atoms with E-state index in [9.17, 15) is 9.59 Å². The van der Waals surface area contributed by atoms with Crippen LogP contribution >= 0.6 is 11.6 Å². The summed E-state index contributed by atoms with van der Waals surface area (Å²) in [5, 5.41) is 3.98. The molecule has 5 rings (SSSR count). The summed E-state index contributed by atoms with van der Waals surface area (Å²) in [6, 6.07) is 16.6. The minimum atomic E-state index is 0.184. The van der Waals surface area contributed by atoms with E-state index < -0.39 is 0 Å². The van der Waals surface area contributed by atoms with Crippen LogP contribution in [0.1, 0.15) is 19.3 Å². The summed E-state index contributed by atoms with van der Waals surface area (Å²) >= 11 is 5.98. The van der Waals surface area contributed by atoms with Gasteiger partial charge in [0, 0.05) is 62.1 Å². The SMILES string of the molecule is Cn1c(Nc2ccc(Cl)cc2)nc2cc(Oc3ccnc(N(C=O)CCCN4CCCC4=O)c3)ccc21. The number of halogens is 1. The van der Waals surface area contributed by atoms with E-state index in [1.165, 1.54) is 4.90 Å². The first-order valence-electron chi connectivity index (χ1n) is 12.1. The Balaban J connectivity index is 1.27. The molecule has 0 radical (unpaired) electrons. The highest BCUT2D eigenvalue weighted by molar-refractivity contribution is 6.30. The van der Waals surface area contributed by atoms with E-state index in [1.54, 1.807) is 18.3 Å². The zero-order valence-corrected chi connectivity index (χ0v) is 21.2. The molecule has 4 aromatic rings. The molecule has 0 unspecified atom stereocenters. The molecule has 9 nitrogen and oxygen atoms in total. The van der Waals surface area contributed by atoms with Gasteiger partial charge in [0.2, 0.25) is 18.3 Å². The molecule has 10 heteroatoms. The lowest BCUT2D eigenvalue weighted by Crippen LogP contribution is -2.30. The van der Waals surface area contributed by atoms with Crippen molar-refractivity contribution in [3.05, 3.63) is 65.8 Å². The number of carbonyl (C=O) groups excluding carboxylic acids is 2. The summed E-state index contributed by atoms with van der Waals surface area (Å²) in [5.74, 6) is 2.54. The summed E-state index contributed by atoms with van der Waals surface area (Å²) in [6.45, 7) is 1.89. The molecule has 1 aliphatic heterocycles. The Hall–Kier alpha value is -4.11. The second-order valence-electron chi connectivity index (χ2n) is 8.87. The number of anilines is 3. The second-order valence-corrected chi connectivity index (χ2v) is 9.30. The molecule has 1 fully saturated rings. The molecule has 0 atom stereocenters. The average molecular weight is 519 g/mol. The molecule has 0 aliphatic carbocycles. The van der Waals surface area contributed by atoms with Gasteiger partial charge in [-0.3, -0.25) is 14.5 Å². The Morgan fingerprint density at radius 3 is 2.70 bits per heavy atom. The fourth-order valence-electron chi connectivity index (χ4n) is 4.37. The predicted octanol–water partition coefficient (Wildman–Crippen LogP) is 5.13. The van der Waals surface area contributed by atoms with Gasteiger partial charge in [-0.1, -0.05) is 11.6 Å². The standard InChI is InChI=1S/C27H27ClN6O3/c1-32-24-10-9-21(16-23(24)31-27(32)30-20-7-5-19(28)6-8-20)37-22-11-12-29-25(17-22)34(18-35)15-3-14-33-13-2-4-26(33)36/h5-12,16-18H,2-4,13-15H2,1H3,(H,30,31). The van der Waals surface area contributed by atoms with Crippen LogP contribution in [0.4, 0.5) is 17.5 Å². The maximum Gasteiger partial charge on any atom is 0.222 e. The van der Waals surface area contributed by atoms with Gasteiger partial charge in [-0.05, 0) is 55.3 Å². The molecule has 3 heterocycles. The number of nitrogens with zero attached hydrogens (tertiary/aromatic N) is 5. The van der Waals surface area contributed by atoms with Crippen molar-refractivity contribution in [1.29, 1.82) is 0 Å². The van der Waals surface area contributed by atoms with E-state index in [4.69, 9.17) is 21.3 Å². The molecule has 0 saturated carbocycles. The predicted molar refractivity (Wildman–Crippen MR) is 144 cm³/mol. The number of carbonyl (C=O) groups is 2. The molecule has 1 saturated heterocycles. The lowest BCUT2D eigenvalue weighted by atomic mass is 10.3. The molecule has 0 bridgehead atoms. The third-order valence-electron chi connectivity index (χ3n) is 6.33.